The molecule has 0 aliphatic rings. The Morgan fingerprint density at radius 3 is 1.19 bits per heavy atom. The van der Waals surface area contributed by atoms with Crippen molar-refractivity contribution in [3.8, 4) is 0 Å². The van der Waals surface area contributed by atoms with Crippen LogP contribution in [0.3, 0.4) is 0 Å². The Kier molecular flexibility index (Phi) is 40.4. The third-order valence-corrected chi connectivity index (χ3v) is 10.7. The molecule has 0 aromatic carbocycles. The second kappa shape index (κ2) is 42.0. The molecule has 0 aliphatic carbocycles. The summed E-state index contributed by atoms with van der Waals surface area (Å²) in [5.74, 6) is -0.930. The van der Waals surface area contributed by atoms with E-state index in [2.05, 4.69) is 20.8 Å². The number of unbranched alkanes of at least 4 members (excludes halogenated alkanes) is 22. The van der Waals surface area contributed by atoms with Gasteiger partial charge >= 0.3 is 23.9 Å². The number of ether oxygens (including phenoxy) is 4. The summed E-state index contributed by atoms with van der Waals surface area (Å²) in [4.78, 5) is 51.9. The summed E-state index contributed by atoms with van der Waals surface area (Å²) >= 11 is 0. The molecule has 0 saturated carbocycles. The number of carbonyl (C=O) groups excluding carboxylic acids is 4. The van der Waals surface area contributed by atoms with Gasteiger partial charge in [-0.25, -0.2) is 0 Å². The van der Waals surface area contributed by atoms with E-state index in [4.69, 9.17) is 18.9 Å². The number of nitrogens with zero attached hydrogens (tertiary/aromatic N) is 1. The Morgan fingerprint density at radius 1 is 0.386 bits per heavy atom. The van der Waals surface area contributed by atoms with Gasteiger partial charge in [0.15, 0.2) is 0 Å². The molecule has 9 nitrogen and oxygen atoms in total. The van der Waals surface area contributed by atoms with Crippen molar-refractivity contribution in [2.24, 2.45) is 0 Å². The third-order valence-electron chi connectivity index (χ3n) is 10.7. The average molecular weight is 810 g/mol. The van der Waals surface area contributed by atoms with Crippen molar-refractivity contribution < 1.29 is 38.1 Å². The van der Waals surface area contributed by atoms with Gasteiger partial charge in [-0.05, 0) is 71.9 Å². The lowest BCUT2D eigenvalue weighted by Gasteiger charge is -2.20. The van der Waals surface area contributed by atoms with Crippen molar-refractivity contribution in [3.05, 3.63) is 0 Å². The molecule has 0 aromatic heterocycles. The van der Waals surface area contributed by atoms with Gasteiger partial charge in [-0.2, -0.15) is 0 Å². The zero-order chi connectivity index (χ0) is 42.0. The molecule has 0 saturated heterocycles. The van der Waals surface area contributed by atoms with Crippen molar-refractivity contribution >= 4 is 23.9 Å². The number of carbonyl (C=O) groups is 4. The Balaban J connectivity index is 4.27. The van der Waals surface area contributed by atoms with E-state index >= 15 is 0 Å². The van der Waals surface area contributed by atoms with Crippen LogP contribution in [0.25, 0.3) is 0 Å². The lowest BCUT2D eigenvalue weighted by atomic mass is 10.0. The predicted octanol–water partition coefficient (Wildman–Crippen LogP) is 12.8. The summed E-state index contributed by atoms with van der Waals surface area (Å²) in [5, 5.41) is 0. The fraction of sp³-hybridized carbons (Fsp3) is 0.917. The van der Waals surface area contributed by atoms with Crippen LogP contribution in [0.2, 0.25) is 0 Å². The molecule has 1 atom stereocenters. The molecule has 0 spiro atoms. The molecule has 1 unspecified atom stereocenters. The van der Waals surface area contributed by atoms with Gasteiger partial charge in [-0.1, -0.05) is 149 Å². The molecule has 0 bridgehead atoms. The Hall–Kier alpha value is -2.16. The number of hydrogen-bond donors (Lipinski definition) is 0. The quantitative estimate of drug-likeness (QED) is 0.0338. The van der Waals surface area contributed by atoms with Gasteiger partial charge in [-0.3, -0.25) is 19.2 Å². The lowest BCUT2D eigenvalue weighted by molar-refractivity contribution is -0.159. The van der Waals surface area contributed by atoms with E-state index in [1.165, 1.54) is 109 Å². The summed E-state index contributed by atoms with van der Waals surface area (Å²) in [5.41, 5.74) is 0. The van der Waals surface area contributed by atoms with Gasteiger partial charge in [0.1, 0.15) is 18.8 Å². The van der Waals surface area contributed by atoms with Crippen LogP contribution in [0.15, 0.2) is 0 Å². The van der Waals surface area contributed by atoms with E-state index in [9.17, 15) is 19.2 Å². The first kappa shape index (κ1) is 54.8. The molecule has 336 valence electrons. The summed E-state index contributed by atoms with van der Waals surface area (Å²) in [7, 11) is 3.90. The molecular weight excluding hydrogens is 719 g/mol. The van der Waals surface area contributed by atoms with E-state index in [0.717, 1.165) is 57.8 Å². The largest absolute Gasteiger partial charge is 0.466 e. The summed E-state index contributed by atoms with van der Waals surface area (Å²) in [6.45, 7) is 7.91. The van der Waals surface area contributed by atoms with Crippen LogP contribution in [-0.4, -0.2) is 74.8 Å². The summed E-state index contributed by atoms with van der Waals surface area (Å²) in [6, 6.07) is 0. The summed E-state index contributed by atoms with van der Waals surface area (Å²) in [6.07, 6.45) is 33.5. The van der Waals surface area contributed by atoms with Crippen LogP contribution in [0.5, 0.6) is 0 Å². The van der Waals surface area contributed by atoms with Gasteiger partial charge in [0.05, 0.1) is 6.61 Å². The van der Waals surface area contributed by atoms with Gasteiger partial charge in [0.25, 0.3) is 0 Å². The van der Waals surface area contributed by atoms with E-state index in [1.54, 1.807) is 0 Å². The first-order valence-electron chi connectivity index (χ1n) is 24.1. The third kappa shape index (κ3) is 40.4. The van der Waals surface area contributed by atoms with Crippen molar-refractivity contribution in [1.29, 1.82) is 0 Å². The van der Waals surface area contributed by atoms with Gasteiger partial charge < -0.3 is 23.8 Å². The number of rotatable bonds is 43. The van der Waals surface area contributed by atoms with E-state index < -0.39 is 6.10 Å². The first-order valence-corrected chi connectivity index (χ1v) is 24.1. The first-order chi connectivity index (χ1) is 27.7. The highest BCUT2D eigenvalue weighted by Gasteiger charge is 2.18. The van der Waals surface area contributed by atoms with Crippen LogP contribution in [-0.2, 0) is 38.1 Å². The van der Waals surface area contributed by atoms with Crippen molar-refractivity contribution in [2.75, 3.05) is 33.9 Å². The van der Waals surface area contributed by atoms with Gasteiger partial charge in [-0.15, -0.1) is 0 Å². The van der Waals surface area contributed by atoms with Crippen LogP contribution < -0.4 is 0 Å². The minimum absolute atomic E-state index is 0.0278. The standard InChI is InChI=1S/C48H91NO8/c1-6-9-12-15-18-19-20-25-32-41-54-45(50)35-30-31-36-46(51)55-42-44(39-40-49(4)5)57-48(53)38-29-24-23-28-37-47(52)56-43(33-26-21-16-13-10-7-2)34-27-22-17-14-11-8-3/h43-44H,6-42H2,1-5H3. The lowest BCUT2D eigenvalue weighted by Crippen LogP contribution is -2.29. The Labute approximate surface area is 351 Å². The fourth-order valence-corrected chi connectivity index (χ4v) is 6.99. The fourth-order valence-electron chi connectivity index (χ4n) is 6.99. The molecule has 0 amide bonds. The highest BCUT2D eigenvalue weighted by atomic mass is 16.6. The van der Waals surface area contributed by atoms with E-state index in [1.807, 2.05) is 19.0 Å². The van der Waals surface area contributed by atoms with Gasteiger partial charge in [0.2, 0.25) is 0 Å². The van der Waals surface area contributed by atoms with Crippen LogP contribution >= 0.6 is 0 Å². The van der Waals surface area contributed by atoms with Gasteiger partial charge in [0, 0.05) is 38.6 Å². The minimum Gasteiger partial charge on any atom is -0.466 e. The zero-order valence-electron chi connectivity index (χ0n) is 38.0. The molecule has 0 heterocycles. The molecule has 57 heavy (non-hydrogen) atoms. The molecule has 9 heteroatoms. The second-order valence-corrected chi connectivity index (χ2v) is 16.8. The van der Waals surface area contributed by atoms with Crippen molar-refractivity contribution in [1.82, 2.24) is 4.90 Å². The van der Waals surface area contributed by atoms with Crippen LogP contribution in [0.4, 0.5) is 0 Å². The predicted molar refractivity (Wildman–Crippen MR) is 234 cm³/mol. The molecule has 0 aliphatic heterocycles. The monoisotopic (exact) mass is 810 g/mol. The van der Waals surface area contributed by atoms with Crippen LogP contribution in [0.1, 0.15) is 239 Å². The van der Waals surface area contributed by atoms with E-state index in [-0.39, 0.29) is 43.0 Å². The van der Waals surface area contributed by atoms with Crippen LogP contribution in [0, 0.1) is 0 Å². The SMILES string of the molecule is CCCCCCCCCCCOC(=O)CCCCC(=O)OCC(CCN(C)C)OC(=O)CCCCCCC(=O)OC(CCCCCCCC)CCCCCCCC. The molecular formula is C48H91NO8. The summed E-state index contributed by atoms with van der Waals surface area (Å²) < 4.78 is 22.5. The maximum absolute atomic E-state index is 12.7. The van der Waals surface area contributed by atoms with Crippen molar-refractivity contribution in [3.63, 3.8) is 0 Å². The molecule has 0 rings (SSSR count). The van der Waals surface area contributed by atoms with Crippen molar-refractivity contribution in [2.45, 2.75) is 251 Å². The number of esters is 4. The zero-order valence-corrected chi connectivity index (χ0v) is 38.0. The Bertz CT molecular complexity index is 925. The molecule has 0 fully saturated rings. The second-order valence-electron chi connectivity index (χ2n) is 16.8. The normalized spacial score (nSPS) is 11.9. The molecule has 0 aromatic rings. The number of hydrogen-bond acceptors (Lipinski definition) is 9. The highest BCUT2D eigenvalue weighted by Crippen LogP contribution is 2.19. The highest BCUT2D eigenvalue weighted by molar-refractivity contribution is 5.71. The maximum atomic E-state index is 12.7. The molecule has 0 N–H and O–H groups in total. The topological polar surface area (TPSA) is 108 Å². The van der Waals surface area contributed by atoms with E-state index in [0.29, 0.717) is 58.1 Å². The smallest absolute Gasteiger partial charge is 0.306 e. The Morgan fingerprint density at radius 2 is 0.737 bits per heavy atom. The molecule has 0 radical (unpaired) electrons. The maximum Gasteiger partial charge on any atom is 0.306 e. The average Bonchev–Trinajstić information content (AvgIpc) is 3.18. The minimum atomic E-state index is -0.504.